The first-order valence-corrected chi connectivity index (χ1v) is 5.79. The van der Waals surface area contributed by atoms with Gasteiger partial charge in [-0.25, -0.2) is 0 Å². The molecule has 15 heavy (non-hydrogen) atoms. The Bertz CT molecular complexity index is 243. The molecule has 3 rings (SSSR count). The van der Waals surface area contributed by atoms with Gasteiger partial charge in [-0.1, -0.05) is 0 Å². The number of fused-ring (bicyclic) bond motifs is 2. The number of ether oxygens (including phenoxy) is 1. The highest BCUT2D eigenvalue weighted by Crippen LogP contribution is 2.42. The third kappa shape index (κ3) is 1.88. The summed E-state index contributed by atoms with van der Waals surface area (Å²) in [7, 11) is 0. The second-order valence-electron chi connectivity index (χ2n) is 4.71. The van der Waals surface area contributed by atoms with Gasteiger partial charge in [0.25, 0.3) is 0 Å². The lowest BCUT2D eigenvalue weighted by Crippen LogP contribution is -2.62. The Labute approximate surface area is 90.8 Å². The number of nitrogens with zero attached hydrogens (tertiary/aromatic N) is 1. The van der Waals surface area contributed by atoms with E-state index in [0.717, 1.165) is 19.7 Å². The Morgan fingerprint density at radius 2 is 2.13 bits per heavy atom. The molecule has 2 saturated heterocycles. The van der Waals surface area contributed by atoms with Crippen LogP contribution in [0, 0.1) is 11.8 Å². The molecule has 4 nitrogen and oxygen atoms in total. The molecule has 2 bridgehead atoms. The number of hydrogen-bond donors (Lipinski definition) is 1. The summed E-state index contributed by atoms with van der Waals surface area (Å²) in [6.45, 7) is 6.23. The number of amides is 1. The molecule has 0 aromatic rings. The van der Waals surface area contributed by atoms with E-state index < -0.39 is 0 Å². The zero-order valence-corrected chi connectivity index (χ0v) is 9.48. The smallest absolute Gasteiger partial charge is 0.239 e. The van der Waals surface area contributed by atoms with Gasteiger partial charge >= 0.3 is 0 Å². The van der Waals surface area contributed by atoms with Gasteiger partial charge in [0.05, 0.1) is 12.1 Å². The van der Waals surface area contributed by atoms with E-state index in [-0.39, 0.29) is 11.9 Å². The van der Waals surface area contributed by atoms with Crippen molar-refractivity contribution in [3.8, 4) is 0 Å². The van der Waals surface area contributed by atoms with Crippen molar-refractivity contribution in [2.45, 2.75) is 32.4 Å². The third-order valence-electron chi connectivity index (χ3n) is 3.50. The van der Waals surface area contributed by atoms with Crippen LogP contribution >= 0.6 is 0 Å². The van der Waals surface area contributed by atoms with Crippen molar-refractivity contribution in [1.29, 1.82) is 0 Å². The lowest BCUT2D eigenvalue weighted by atomic mass is 9.68. The molecule has 3 fully saturated rings. The first-order chi connectivity index (χ1) is 7.13. The minimum absolute atomic E-state index is 0.0830. The molecule has 2 aliphatic heterocycles. The standard InChI is InChI=1S/C11H20N2O2/c1-3-15-10-8-4-9(10)6-13(5-8)11(14)7(2)12/h7-10H,3-6,12H2,1-2H3/t7-,8-,9-/m0/s1. The highest BCUT2D eigenvalue weighted by molar-refractivity contribution is 5.81. The summed E-state index contributed by atoms with van der Waals surface area (Å²) >= 11 is 0. The van der Waals surface area contributed by atoms with Crippen LogP contribution in [0.1, 0.15) is 20.3 Å². The molecule has 2 heterocycles. The van der Waals surface area contributed by atoms with E-state index in [1.165, 1.54) is 6.42 Å². The van der Waals surface area contributed by atoms with Gasteiger partial charge < -0.3 is 15.4 Å². The van der Waals surface area contributed by atoms with E-state index in [9.17, 15) is 4.79 Å². The van der Waals surface area contributed by atoms with Gasteiger partial charge in [0, 0.05) is 31.5 Å². The summed E-state index contributed by atoms with van der Waals surface area (Å²) in [4.78, 5) is 13.6. The Kier molecular flexibility index (Phi) is 2.98. The average molecular weight is 212 g/mol. The maximum Gasteiger partial charge on any atom is 0.239 e. The fourth-order valence-corrected chi connectivity index (χ4v) is 2.78. The summed E-state index contributed by atoms with van der Waals surface area (Å²) in [5.74, 6) is 1.18. The second kappa shape index (κ2) is 4.10. The number of rotatable bonds is 3. The van der Waals surface area contributed by atoms with Gasteiger partial charge in [0.1, 0.15) is 0 Å². The largest absolute Gasteiger partial charge is 0.378 e. The number of nitrogens with two attached hydrogens (primary N) is 1. The van der Waals surface area contributed by atoms with E-state index in [4.69, 9.17) is 10.5 Å². The zero-order valence-electron chi connectivity index (χ0n) is 9.48. The fraction of sp³-hybridized carbons (Fsp3) is 0.909. The summed E-state index contributed by atoms with van der Waals surface area (Å²) in [6.07, 6.45) is 1.61. The summed E-state index contributed by atoms with van der Waals surface area (Å²) in [5.41, 5.74) is 5.60. The molecule has 3 aliphatic rings. The van der Waals surface area contributed by atoms with Crippen molar-refractivity contribution in [2.24, 2.45) is 17.6 Å². The molecular weight excluding hydrogens is 192 g/mol. The van der Waals surface area contributed by atoms with Crippen LogP contribution in [0.3, 0.4) is 0 Å². The van der Waals surface area contributed by atoms with Gasteiger partial charge in [-0.3, -0.25) is 4.79 Å². The molecule has 3 atom stereocenters. The zero-order chi connectivity index (χ0) is 11.0. The molecule has 0 unspecified atom stereocenters. The van der Waals surface area contributed by atoms with Crippen molar-refractivity contribution in [3.05, 3.63) is 0 Å². The number of hydrogen-bond acceptors (Lipinski definition) is 3. The Balaban J connectivity index is 1.89. The van der Waals surface area contributed by atoms with E-state index >= 15 is 0 Å². The van der Waals surface area contributed by atoms with Crippen molar-refractivity contribution in [2.75, 3.05) is 19.7 Å². The minimum atomic E-state index is -0.368. The van der Waals surface area contributed by atoms with Crippen LogP contribution in [0.5, 0.6) is 0 Å². The summed E-state index contributed by atoms with van der Waals surface area (Å²) < 4.78 is 5.66. The lowest BCUT2D eigenvalue weighted by molar-refractivity contribution is -0.161. The second-order valence-corrected chi connectivity index (χ2v) is 4.71. The predicted molar refractivity (Wildman–Crippen MR) is 57.2 cm³/mol. The van der Waals surface area contributed by atoms with Crippen molar-refractivity contribution >= 4 is 5.91 Å². The number of piperidine rings is 2. The van der Waals surface area contributed by atoms with E-state index in [1.807, 2.05) is 11.8 Å². The molecule has 86 valence electrons. The van der Waals surface area contributed by atoms with Crippen LogP contribution in [0.25, 0.3) is 0 Å². The highest BCUT2D eigenvalue weighted by Gasteiger charge is 2.48. The fourth-order valence-electron chi connectivity index (χ4n) is 2.78. The van der Waals surface area contributed by atoms with Crippen LogP contribution in [-0.2, 0) is 9.53 Å². The van der Waals surface area contributed by atoms with Gasteiger partial charge in [0.15, 0.2) is 0 Å². The number of carbonyl (C=O) groups excluding carboxylic acids is 1. The average Bonchev–Trinajstić information content (AvgIpc) is 2.24. The van der Waals surface area contributed by atoms with Crippen molar-refractivity contribution < 1.29 is 9.53 Å². The van der Waals surface area contributed by atoms with Crippen molar-refractivity contribution in [1.82, 2.24) is 4.90 Å². The first-order valence-electron chi connectivity index (χ1n) is 5.79. The normalized spacial score (nSPS) is 35.9. The van der Waals surface area contributed by atoms with E-state index in [1.54, 1.807) is 6.92 Å². The van der Waals surface area contributed by atoms with Crippen molar-refractivity contribution in [3.63, 3.8) is 0 Å². The van der Waals surface area contributed by atoms with Gasteiger partial charge in [-0.15, -0.1) is 0 Å². The van der Waals surface area contributed by atoms with E-state index in [2.05, 4.69) is 0 Å². The van der Waals surface area contributed by atoms with Gasteiger partial charge in [0.2, 0.25) is 5.91 Å². The van der Waals surface area contributed by atoms with Crippen LogP contribution < -0.4 is 5.73 Å². The Morgan fingerprint density at radius 3 is 2.60 bits per heavy atom. The molecule has 0 aromatic heterocycles. The molecule has 1 aliphatic carbocycles. The Morgan fingerprint density at radius 1 is 1.53 bits per heavy atom. The quantitative estimate of drug-likeness (QED) is 0.728. The van der Waals surface area contributed by atoms with Gasteiger partial charge in [-0.2, -0.15) is 0 Å². The van der Waals surface area contributed by atoms with Crippen LogP contribution in [-0.4, -0.2) is 42.6 Å². The van der Waals surface area contributed by atoms with Crippen LogP contribution in [0.4, 0.5) is 0 Å². The SMILES string of the molecule is CCOC1[C@H]2C[C@H]1CN(C(=O)[C@H](C)N)C2. The third-order valence-corrected chi connectivity index (χ3v) is 3.50. The summed E-state index contributed by atoms with van der Waals surface area (Å²) in [6, 6.07) is -0.368. The molecule has 1 amide bonds. The minimum Gasteiger partial charge on any atom is -0.378 e. The molecule has 1 saturated carbocycles. The molecular formula is C11H20N2O2. The molecule has 2 N–H and O–H groups in total. The highest BCUT2D eigenvalue weighted by atomic mass is 16.5. The molecule has 4 heteroatoms. The molecule has 0 aromatic carbocycles. The Hall–Kier alpha value is -0.610. The maximum absolute atomic E-state index is 11.7. The maximum atomic E-state index is 11.7. The lowest BCUT2D eigenvalue weighted by Gasteiger charge is -2.53. The number of carbonyl (C=O) groups is 1. The first kappa shape index (κ1) is 10.9. The van der Waals surface area contributed by atoms with Gasteiger partial charge in [-0.05, 0) is 20.3 Å². The monoisotopic (exact) mass is 212 g/mol. The van der Waals surface area contributed by atoms with Crippen LogP contribution in [0.2, 0.25) is 0 Å². The van der Waals surface area contributed by atoms with Crippen LogP contribution in [0.15, 0.2) is 0 Å². The predicted octanol–water partition coefficient (Wildman–Crippen LogP) is 0.217. The molecule has 0 spiro atoms. The van der Waals surface area contributed by atoms with E-state index in [0.29, 0.717) is 17.9 Å². The molecule has 0 radical (unpaired) electrons. The summed E-state index contributed by atoms with van der Waals surface area (Å²) in [5, 5.41) is 0. The topological polar surface area (TPSA) is 55.6 Å².